The molecule has 0 saturated carbocycles. The molecule has 0 aliphatic carbocycles. The Morgan fingerprint density at radius 2 is 2.04 bits per heavy atom. The number of aromatic nitrogens is 1. The molecule has 0 radical (unpaired) electrons. The van der Waals surface area contributed by atoms with Gasteiger partial charge in [0.15, 0.2) is 0 Å². The van der Waals surface area contributed by atoms with Crippen molar-refractivity contribution in [3.05, 3.63) is 52.7 Å². The number of ether oxygens (including phenoxy) is 1. The van der Waals surface area contributed by atoms with Crippen LogP contribution in [0.25, 0.3) is 6.08 Å². The number of carbonyl (C=O) groups excluding carboxylic acids is 2. The van der Waals surface area contributed by atoms with E-state index in [1.54, 1.807) is 19.3 Å². The molecule has 0 atom stereocenters. The molecule has 6 nitrogen and oxygen atoms in total. The standard InChI is InChI=1S/C20H26N2O4/c1-5-22-14(3)17(19(15(22)4)20(24)25-6-2)9-10-18(23)21-12-11-16-8-7-13-26-16/h7-10,13H,5-6,11-12H2,1-4H3,(H,21,23)/b10-9+. The third kappa shape index (κ3) is 4.45. The highest BCUT2D eigenvalue weighted by Crippen LogP contribution is 2.24. The van der Waals surface area contributed by atoms with Crippen LogP contribution in [0.5, 0.6) is 0 Å². The zero-order valence-corrected chi connectivity index (χ0v) is 15.8. The van der Waals surface area contributed by atoms with Gasteiger partial charge in [-0.15, -0.1) is 0 Å². The van der Waals surface area contributed by atoms with Gasteiger partial charge in [0.2, 0.25) is 5.91 Å². The van der Waals surface area contributed by atoms with Crippen LogP contribution in [0.3, 0.4) is 0 Å². The second kappa shape index (κ2) is 9.08. The number of rotatable bonds is 8. The fraction of sp³-hybridized carbons (Fsp3) is 0.400. The zero-order chi connectivity index (χ0) is 19.1. The Morgan fingerprint density at radius 1 is 1.27 bits per heavy atom. The third-order valence-electron chi connectivity index (χ3n) is 4.28. The molecule has 1 N–H and O–H groups in total. The molecule has 0 spiro atoms. The minimum Gasteiger partial charge on any atom is -0.469 e. The Kier molecular flexibility index (Phi) is 6.83. The molecular weight excluding hydrogens is 332 g/mol. The summed E-state index contributed by atoms with van der Waals surface area (Å²) in [5, 5.41) is 2.81. The Hall–Kier alpha value is -2.76. The number of furan rings is 1. The third-order valence-corrected chi connectivity index (χ3v) is 4.28. The Bertz CT molecular complexity index is 785. The van der Waals surface area contributed by atoms with Crippen molar-refractivity contribution in [2.75, 3.05) is 13.2 Å². The van der Waals surface area contributed by atoms with Gasteiger partial charge in [-0.1, -0.05) is 0 Å². The molecule has 140 valence electrons. The van der Waals surface area contributed by atoms with E-state index in [4.69, 9.17) is 9.15 Å². The summed E-state index contributed by atoms with van der Waals surface area (Å²) >= 11 is 0. The minimum absolute atomic E-state index is 0.215. The smallest absolute Gasteiger partial charge is 0.340 e. The van der Waals surface area contributed by atoms with Gasteiger partial charge in [0.1, 0.15) is 5.76 Å². The summed E-state index contributed by atoms with van der Waals surface area (Å²) < 4.78 is 12.5. The second-order valence-corrected chi connectivity index (χ2v) is 5.88. The molecule has 0 bridgehead atoms. The number of nitrogens with one attached hydrogen (secondary N) is 1. The van der Waals surface area contributed by atoms with Gasteiger partial charge in [-0.05, 0) is 45.9 Å². The van der Waals surface area contributed by atoms with Crippen LogP contribution in [-0.2, 0) is 22.5 Å². The monoisotopic (exact) mass is 358 g/mol. The summed E-state index contributed by atoms with van der Waals surface area (Å²) in [5.41, 5.74) is 3.03. The summed E-state index contributed by atoms with van der Waals surface area (Å²) in [6, 6.07) is 3.69. The molecule has 0 fully saturated rings. The van der Waals surface area contributed by atoms with Crippen LogP contribution in [0, 0.1) is 13.8 Å². The molecule has 2 heterocycles. The van der Waals surface area contributed by atoms with Crippen molar-refractivity contribution in [2.45, 2.75) is 40.7 Å². The van der Waals surface area contributed by atoms with Gasteiger partial charge < -0.3 is 19.0 Å². The first-order valence-corrected chi connectivity index (χ1v) is 8.84. The van der Waals surface area contributed by atoms with Gasteiger partial charge in [-0.3, -0.25) is 4.79 Å². The normalized spacial score (nSPS) is 11.1. The molecule has 26 heavy (non-hydrogen) atoms. The second-order valence-electron chi connectivity index (χ2n) is 5.88. The van der Waals surface area contributed by atoms with Crippen molar-refractivity contribution in [1.29, 1.82) is 0 Å². The van der Waals surface area contributed by atoms with Crippen LogP contribution >= 0.6 is 0 Å². The summed E-state index contributed by atoms with van der Waals surface area (Å²) in [7, 11) is 0. The van der Waals surface area contributed by atoms with E-state index in [9.17, 15) is 9.59 Å². The van der Waals surface area contributed by atoms with Crippen LogP contribution in [0.1, 0.15) is 46.9 Å². The van der Waals surface area contributed by atoms with E-state index >= 15 is 0 Å². The lowest BCUT2D eigenvalue weighted by Crippen LogP contribution is -2.23. The van der Waals surface area contributed by atoms with Gasteiger partial charge in [-0.25, -0.2) is 4.79 Å². The van der Waals surface area contributed by atoms with E-state index in [0.717, 1.165) is 29.3 Å². The number of hydrogen-bond donors (Lipinski definition) is 1. The highest BCUT2D eigenvalue weighted by molar-refractivity contribution is 5.98. The van der Waals surface area contributed by atoms with E-state index in [0.29, 0.717) is 25.1 Å². The van der Waals surface area contributed by atoms with E-state index in [2.05, 4.69) is 5.32 Å². The Morgan fingerprint density at radius 3 is 2.65 bits per heavy atom. The average Bonchev–Trinajstić information content (AvgIpc) is 3.19. The quantitative estimate of drug-likeness (QED) is 0.581. The first-order valence-electron chi connectivity index (χ1n) is 8.84. The molecule has 6 heteroatoms. The topological polar surface area (TPSA) is 73.5 Å². The molecule has 0 aliphatic heterocycles. The first kappa shape index (κ1) is 19.6. The SMILES string of the molecule is CCOC(=O)c1c(/C=C/C(=O)NCCc2ccco2)c(C)n(CC)c1C. The predicted octanol–water partition coefficient (Wildman–Crippen LogP) is 3.27. The molecule has 0 saturated heterocycles. The van der Waals surface area contributed by atoms with Crippen LogP contribution in [0.15, 0.2) is 28.9 Å². The molecule has 0 aromatic carbocycles. The highest BCUT2D eigenvalue weighted by atomic mass is 16.5. The van der Waals surface area contributed by atoms with Crippen molar-refractivity contribution in [2.24, 2.45) is 0 Å². The summed E-state index contributed by atoms with van der Waals surface area (Å²) in [6.45, 7) is 9.16. The first-order chi connectivity index (χ1) is 12.5. The maximum absolute atomic E-state index is 12.3. The van der Waals surface area contributed by atoms with E-state index < -0.39 is 0 Å². The number of hydrogen-bond acceptors (Lipinski definition) is 4. The van der Waals surface area contributed by atoms with Gasteiger partial charge in [0.25, 0.3) is 0 Å². The number of carbonyl (C=O) groups is 2. The van der Waals surface area contributed by atoms with Crippen molar-refractivity contribution in [3.8, 4) is 0 Å². The number of esters is 1. The lowest BCUT2D eigenvalue weighted by molar-refractivity contribution is -0.116. The summed E-state index contributed by atoms with van der Waals surface area (Å²) in [5.74, 6) is 0.246. The molecular formula is C20H26N2O4. The Labute approximate surface area is 153 Å². The summed E-state index contributed by atoms with van der Waals surface area (Å²) in [6.07, 6.45) is 5.37. The molecule has 0 aliphatic rings. The lowest BCUT2D eigenvalue weighted by atomic mass is 10.1. The summed E-state index contributed by atoms with van der Waals surface area (Å²) in [4.78, 5) is 24.4. The zero-order valence-electron chi connectivity index (χ0n) is 15.8. The molecule has 1 amide bonds. The lowest BCUT2D eigenvalue weighted by Gasteiger charge is -2.05. The highest BCUT2D eigenvalue weighted by Gasteiger charge is 2.22. The Balaban J connectivity index is 2.12. The van der Waals surface area contributed by atoms with Crippen LogP contribution in [-0.4, -0.2) is 29.6 Å². The maximum atomic E-state index is 12.3. The number of nitrogens with zero attached hydrogens (tertiary/aromatic N) is 1. The van der Waals surface area contributed by atoms with Crippen LogP contribution in [0.2, 0.25) is 0 Å². The van der Waals surface area contributed by atoms with E-state index in [1.807, 2.05) is 37.5 Å². The van der Waals surface area contributed by atoms with Crippen molar-refractivity contribution >= 4 is 18.0 Å². The van der Waals surface area contributed by atoms with Gasteiger partial charge >= 0.3 is 5.97 Å². The van der Waals surface area contributed by atoms with Crippen molar-refractivity contribution in [1.82, 2.24) is 9.88 Å². The van der Waals surface area contributed by atoms with E-state index in [-0.39, 0.29) is 11.9 Å². The fourth-order valence-electron chi connectivity index (χ4n) is 3.03. The van der Waals surface area contributed by atoms with Gasteiger partial charge in [-0.2, -0.15) is 0 Å². The minimum atomic E-state index is -0.363. The van der Waals surface area contributed by atoms with Crippen molar-refractivity contribution in [3.63, 3.8) is 0 Å². The van der Waals surface area contributed by atoms with Crippen LogP contribution in [0.4, 0.5) is 0 Å². The molecule has 2 rings (SSSR count). The number of amides is 1. The predicted molar refractivity (Wildman–Crippen MR) is 100.0 cm³/mol. The molecule has 2 aromatic heterocycles. The molecule has 0 unspecified atom stereocenters. The largest absolute Gasteiger partial charge is 0.469 e. The van der Waals surface area contributed by atoms with E-state index in [1.165, 1.54) is 6.08 Å². The van der Waals surface area contributed by atoms with Crippen LogP contribution < -0.4 is 5.32 Å². The van der Waals surface area contributed by atoms with Gasteiger partial charge in [0.05, 0.1) is 18.4 Å². The van der Waals surface area contributed by atoms with Crippen molar-refractivity contribution < 1.29 is 18.7 Å². The average molecular weight is 358 g/mol. The fourth-order valence-corrected chi connectivity index (χ4v) is 3.03. The molecule has 2 aromatic rings. The van der Waals surface area contributed by atoms with Gasteiger partial charge in [0, 0.05) is 42.5 Å². The maximum Gasteiger partial charge on any atom is 0.340 e.